The van der Waals surface area contributed by atoms with Gasteiger partial charge >= 0.3 is 6.03 Å². The number of carbonyl (C=O) groups is 2. The molecule has 27 heavy (non-hydrogen) atoms. The molecule has 1 fully saturated rings. The molecule has 0 saturated carbocycles. The van der Waals surface area contributed by atoms with Gasteiger partial charge in [0.05, 0.1) is 6.54 Å². The molecule has 3 N–H and O–H groups in total. The Hall–Kier alpha value is -2.57. The number of amides is 3. The summed E-state index contributed by atoms with van der Waals surface area (Å²) in [4.78, 5) is 25.9. The fraction of sp³-hybridized carbons (Fsp3) is 0.300. The normalized spacial score (nSPS) is 16.9. The quantitative estimate of drug-likeness (QED) is 0.739. The van der Waals surface area contributed by atoms with Crippen LogP contribution >= 0.6 is 11.6 Å². The largest absolute Gasteiger partial charge is 0.334 e. The van der Waals surface area contributed by atoms with Gasteiger partial charge in [-0.1, -0.05) is 35.9 Å². The van der Waals surface area contributed by atoms with Gasteiger partial charge in [0, 0.05) is 36.4 Å². The molecule has 7 heteroatoms. The van der Waals surface area contributed by atoms with Gasteiger partial charge in [0.2, 0.25) is 5.91 Å². The molecule has 0 aromatic heterocycles. The summed E-state index contributed by atoms with van der Waals surface area (Å²) in [5.74, 6) is 0.109. The second-order valence-corrected chi connectivity index (χ2v) is 7.07. The Morgan fingerprint density at radius 3 is 2.48 bits per heavy atom. The summed E-state index contributed by atoms with van der Waals surface area (Å²) in [6, 6.07) is 14.8. The third kappa shape index (κ3) is 5.45. The van der Waals surface area contributed by atoms with E-state index >= 15 is 0 Å². The number of rotatable bonds is 5. The molecule has 1 heterocycles. The number of nitrogens with one attached hydrogen (secondary N) is 3. The van der Waals surface area contributed by atoms with Gasteiger partial charge in [0.25, 0.3) is 0 Å². The van der Waals surface area contributed by atoms with E-state index in [0.717, 1.165) is 17.7 Å². The molecule has 6 nitrogen and oxygen atoms in total. The second-order valence-electron chi connectivity index (χ2n) is 6.63. The highest BCUT2D eigenvalue weighted by molar-refractivity contribution is 6.30. The number of nitrogens with zero attached hydrogens (tertiary/aromatic N) is 1. The zero-order valence-corrected chi connectivity index (χ0v) is 15.9. The number of hydrogen-bond acceptors (Lipinski definition) is 3. The fourth-order valence-corrected chi connectivity index (χ4v) is 3.07. The van der Waals surface area contributed by atoms with Gasteiger partial charge in [-0.15, -0.1) is 0 Å². The average Bonchev–Trinajstić information content (AvgIpc) is 2.66. The minimum atomic E-state index is -0.274. The molecule has 0 unspecified atom stereocenters. The summed E-state index contributed by atoms with van der Waals surface area (Å²) >= 11 is 5.85. The van der Waals surface area contributed by atoms with Crippen molar-refractivity contribution in [1.29, 1.82) is 0 Å². The molecule has 2 aromatic carbocycles. The van der Waals surface area contributed by atoms with E-state index in [-0.39, 0.29) is 18.0 Å². The Morgan fingerprint density at radius 1 is 1.15 bits per heavy atom. The molecule has 3 amide bonds. The molecule has 0 bridgehead atoms. The van der Waals surface area contributed by atoms with Crippen LogP contribution in [0.15, 0.2) is 48.5 Å². The molecule has 142 valence electrons. The van der Waals surface area contributed by atoms with Gasteiger partial charge in [-0.05, 0) is 42.3 Å². The maximum Gasteiger partial charge on any atom is 0.319 e. The van der Waals surface area contributed by atoms with Gasteiger partial charge in [-0.25, -0.2) is 4.79 Å². The second kappa shape index (κ2) is 8.88. The van der Waals surface area contributed by atoms with Crippen LogP contribution in [0.5, 0.6) is 0 Å². The Morgan fingerprint density at radius 2 is 1.81 bits per heavy atom. The van der Waals surface area contributed by atoms with Crippen LogP contribution in [0.1, 0.15) is 18.1 Å². The standard InChI is InChI=1S/C20H23ClN4O2/c1-14-10-22-12-19(26)25(14)13-16-4-8-18(9-5-16)24-20(27)23-11-15-2-6-17(21)7-3-15/h2-9,14,22H,10-13H2,1H3,(H2,23,24,27)/t14-/m1/s1. The van der Waals surface area contributed by atoms with Crippen LogP contribution in [-0.4, -0.2) is 36.0 Å². The third-order valence-electron chi connectivity index (χ3n) is 4.50. The first-order chi connectivity index (χ1) is 13.0. The van der Waals surface area contributed by atoms with Crippen LogP contribution in [0.4, 0.5) is 10.5 Å². The van der Waals surface area contributed by atoms with Crippen molar-refractivity contribution >= 4 is 29.2 Å². The minimum absolute atomic E-state index is 0.109. The first-order valence-corrected chi connectivity index (χ1v) is 9.27. The van der Waals surface area contributed by atoms with E-state index in [4.69, 9.17) is 11.6 Å². The SMILES string of the molecule is C[C@@H]1CNCC(=O)N1Cc1ccc(NC(=O)NCc2ccc(Cl)cc2)cc1. The molecule has 1 aliphatic heterocycles. The lowest BCUT2D eigenvalue weighted by atomic mass is 10.1. The fourth-order valence-electron chi connectivity index (χ4n) is 2.94. The van der Waals surface area contributed by atoms with Crippen LogP contribution < -0.4 is 16.0 Å². The van der Waals surface area contributed by atoms with Crippen LogP contribution in [-0.2, 0) is 17.9 Å². The summed E-state index contributed by atoms with van der Waals surface area (Å²) in [7, 11) is 0. The third-order valence-corrected chi connectivity index (χ3v) is 4.75. The van der Waals surface area contributed by atoms with E-state index in [9.17, 15) is 9.59 Å². The minimum Gasteiger partial charge on any atom is -0.334 e. The summed E-state index contributed by atoms with van der Waals surface area (Å²) < 4.78 is 0. The van der Waals surface area contributed by atoms with Gasteiger partial charge in [0.1, 0.15) is 0 Å². The highest BCUT2D eigenvalue weighted by Crippen LogP contribution is 2.15. The number of anilines is 1. The number of piperazine rings is 1. The van der Waals surface area contributed by atoms with Crippen LogP contribution in [0.3, 0.4) is 0 Å². The average molecular weight is 387 g/mol. The van der Waals surface area contributed by atoms with Crippen LogP contribution in [0.2, 0.25) is 5.02 Å². The smallest absolute Gasteiger partial charge is 0.319 e. The first kappa shape index (κ1) is 19.2. The number of urea groups is 1. The molecular formula is C20H23ClN4O2. The molecule has 1 saturated heterocycles. The van der Waals surface area contributed by atoms with Crippen molar-refractivity contribution in [2.75, 3.05) is 18.4 Å². The van der Waals surface area contributed by atoms with Crippen molar-refractivity contribution in [2.24, 2.45) is 0 Å². The number of halogens is 1. The maximum atomic E-state index is 12.0. The van der Waals surface area contributed by atoms with Crippen LogP contribution in [0, 0.1) is 0 Å². The van der Waals surface area contributed by atoms with E-state index in [1.54, 1.807) is 12.1 Å². The van der Waals surface area contributed by atoms with Gasteiger partial charge < -0.3 is 20.9 Å². The van der Waals surface area contributed by atoms with Crippen molar-refractivity contribution in [3.8, 4) is 0 Å². The van der Waals surface area contributed by atoms with Crippen molar-refractivity contribution < 1.29 is 9.59 Å². The predicted molar refractivity (Wildman–Crippen MR) is 107 cm³/mol. The molecule has 0 radical (unpaired) electrons. The predicted octanol–water partition coefficient (Wildman–Crippen LogP) is 2.98. The summed E-state index contributed by atoms with van der Waals surface area (Å²) in [6.07, 6.45) is 0. The Labute approximate surface area is 163 Å². The molecule has 0 spiro atoms. The number of carbonyl (C=O) groups excluding carboxylic acids is 2. The maximum absolute atomic E-state index is 12.0. The highest BCUT2D eigenvalue weighted by Gasteiger charge is 2.24. The van der Waals surface area contributed by atoms with E-state index in [1.165, 1.54) is 0 Å². The van der Waals surface area contributed by atoms with Crippen molar-refractivity contribution in [3.63, 3.8) is 0 Å². The zero-order chi connectivity index (χ0) is 19.2. The summed E-state index contributed by atoms with van der Waals surface area (Å²) in [5, 5.41) is 9.38. The molecule has 0 aliphatic carbocycles. The monoisotopic (exact) mass is 386 g/mol. The summed E-state index contributed by atoms with van der Waals surface area (Å²) in [5.41, 5.74) is 2.70. The van der Waals surface area contributed by atoms with Gasteiger partial charge in [-0.2, -0.15) is 0 Å². The Bertz CT molecular complexity index is 793. The summed E-state index contributed by atoms with van der Waals surface area (Å²) in [6.45, 7) is 4.22. The van der Waals surface area contributed by atoms with Gasteiger partial charge in [0.15, 0.2) is 0 Å². The molecule has 3 rings (SSSR count). The molecule has 1 aliphatic rings. The lowest BCUT2D eigenvalue weighted by molar-refractivity contribution is -0.135. The number of benzene rings is 2. The molecule has 2 aromatic rings. The van der Waals surface area contributed by atoms with Gasteiger partial charge in [-0.3, -0.25) is 4.79 Å². The molecule has 1 atom stereocenters. The lowest BCUT2D eigenvalue weighted by Gasteiger charge is -2.34. The number of hydrogen-bond donors (Lipinski definition) is 3. The Kier molecular flexibility index (Phi) is 6.32. The first-order valence-electron chi connectivity index (χ1n) is 8.89. The van der Waals surface area contributed by atoms with E-state index in [0.29, 0.717) is 30.3 Å². The van der Waals surface area contributed by atoms with E-state index in [1.807, 2.05) is 48.2 Å². The molecular weight excluding hydrogens is 364 g/mol. The van der Waals surface area contributed by atoms with Crippen molar-refractivity contribution in [3.05, 3.63) is 64.7 Å². The zero-order valence-electron chi connectivity index (χ0n) is 15.2. The van der Waals surface area contributed by atoms with E-state index in [2.05, 4.69) is 16.0 Å². The van der Waals surface area contributed by atoms with Crippen LogP contribution in [0.25, 0.3) is 0 Å². The van der Waals surface area contributed by atoms with Crippen molar-refractivity contribution in [2.45, 2.75) is 26.1 Å². The van der Waals surface area contributed by atoms with Crippen molar-refractivity contribution in [1.82, 2.24) is 15.5 Å². The topological polar surface area (TPSA) is 73.5 Å². The Balaban J connectivity index is 1.50. The van der Waals surface area contributed by atoms with E-state index < -0.39 is 0 Å². The highest BCUT2D eigenvalue weighted by atomic mass is 35.5. The lowest BCUT2D eigenvalue weighted by Crippen LogP contribution is -2.52.